The highest BCUT2D eigenvalue weighted by molar-refractivity contribution is 4.41. The van der Waals surface area contributed by atoms with Crippen LogP contribution in [-0.2, 0) is 4.74 Å². The van der Waals surface area contributed by atoms with Gasteiger partial charge in [-0.2, -0.15) is 0 Å². The second kappa shape index (κ2) is 13.5. The summed E-state index contributed by atoms with van der Waals surface area (Å²) in [5, 5.41) is 3.02. The Morgan fingerprint density at radius 1 is 1.17 bits per heavy atom. The molecule has 0 aliphatic rings. The number of ether oxygens (including phenoxy) is 1. The minimum absolute atomic E-state index is 0.810. The molecule has 0 unspecified atom stereocenters. The minimum atomic E-state index is 0.810. The molecular weight excluding hydrogens is 152 g/mol. The van der Waals surface area contributed by atoms with E-state index in [1.165, 1.54) is 0 Å². The number of nitrogens with one attached hydrogen (secondary N) is 1. The van der Waals surface area contributed by atoms with Crippen LogP contribution < -0.4 is 5.32 Å². The predicted molar refractivity (Wildman–Crippen MR) is 54.6 cm³/mol. The zero-order valence-corrected chi connectivity index (χ0v) is 9.18. The maximum Gasteiger partial charge on any atom is 0.0593 e. The molecule has 0 saturated heterocycles. The summed E-state index contributed by atoms with van der Waals surface area (Å²) < 4.78 is 5.28. The first-order valence-electron chi connectivity index (χ1n) is 4.64. The molecule has 0 spiro atoms. The second-order valence-corrected chi connectivity index (χ2v) is 2.52. The van der Waals surface area contributed by atoms with Crippen LogP contribution in [-0.4, -0.2) is 52.3 Å². The van der Waals surface area contributed by atoms with Gasteiger partial charge in [-0.25, -0.2) is 0 Å². The smallest absolute Gasteiger partial charge is 0.0593 e. The number of nitrogens with zero attached hydrogens (tertiary/aromatic N) is 1. The molecule has 0 aliphatic carbocycles. The predicted octanol–water partition coefficient (Wildman–Crippen LogP) is 0.810. The molecule has 0 atom stereocenters. The van der Waals surface area contributed by atoms with Crippen molar-refractivity contribution >= 4 is 0 Å². The van der Waals surface area contributed by atoms with E-state index in [1.54, 1.807) is 0 Å². The van der Waals surface area contributed by atoms with Crippen LogP contribution in [0.5, 0.6) is 0 Å². The van der Waals surface area contributed by atoms with Crippen molar-refractivity contribution in [1.29, 1.82) is 0 Å². The summed E-state index contributed by atoms with van der Waals surface area (Å²) in [5.41, 5.74) is 0. The van der Waals surface area contributed by atoms with Gasteiger partial charge in [0, 0.05) is 13.1 Å². The summed E-state index contributed by atoms with van der Waals surface area (Å²) in [5.74, 6) is 0. The normalized spacial score (nSPS) is 9.50. The van der Waals surface area contributed by atoms with Crippen LogP contribution >= 0.6 is 0 Å². The van der Waals surface area contributed by atoms with Crippen molar-refractivity contribution in [1.82, 2.24) is 10.2 Å². The molecular formula is C9H24N2O. The van der Waals surface area contributed by atoms with Crippen LogP contribution in [0.3, 0.4) is 0 Å². The van der Waals surface area contributed by atoms with Gasteiger partial charge in [0.25, 0.3) is 0 Å². The zero-order valence-electron chi connectivity index (χ0n) is 9.18. The van der Waals surface area contributed by atoms with Crippen LogP contribution in [0.4, 0.5) is 0 Å². The number of likely N-dealkylation sites (N-methyl/N-ethyl adjacent to an activating group) is 2. The van der Waals surface area contributed by atoms with Crippen molar-refractivity contribution < 1.29 is 4.74 Å². The number of rotatable bonds is 6. The Kier molecular flexibility index (Phi) is 16.2. The van der Waals surface area contributed by atoms with Gasteiger partial charge in [-0.1, -0.05) is 13.8 Å². The van der Waals surface area contributed by atoms with Gasteiger partial charge < -0.3 is 15.0 Å². The van der Waals surface area contributed by atoms with Crippen LogP contribution in [0.25, 0.3) is 0 Å². The second-order valence-electron chi connectivity index (χ2n) is 2.52. The van der Waals surface area contributed by atoms with Crippen molar-refractivity contribution in [2.75, 3.05) is 47.4 Å². The third-order valence-electron chi connectivity index (χ3n) is 1.18. The first-order valence-corrected chi connectivity index (χ1v) is 4.64. The van der Waals surface area contributed by atoms with Crippen molar-refractivity contribution in [3.63, 3.8) is 0 Å². The van der Waals surface area contributed by atoms with Gasteiger partial charge in [0.1, 0.15) is 0 Å². The quantitative estimate of drug-likeness (QED) is 0.606. The van der Waals surface area contributed by atoms with Crippen LogP contribution in [0.1, 0.15) is 13.8 Å². The molecule has 0 heterocycles. The average Bonchev–Trinajstić information content (AvgIpc) is 2.07. The van der Waals surface area contributed by atoms with E-state index < -0.39 is 0 Å². The average molecular weight is 176 g/mol. The van der Waals surface area contributed by atoms with Crippen molar-refractivity contribution in [3.8, 4) is 0 Å². The fraction of sp³-hybridized carbons (Fsp3) is 1.00. The van der Waals surface area contributed by atoms with E-state index in [9.17, 15) is 0 Å². The largest absolute Gasteiger partial charge is 0.379 e. The highest BCUT2D eigenvalue weighted by atomic mass is 16.5. The van der Waals surface area contributed by atoms with Crippen LogP contribution in [0.2, 0.25) is 0 Å². The molecule has 0 saturated carbocycles. The molecule has 3 nitrogen and oxygen atoms in total. The Balaban J connectivity index is 0. The Labute approximate surface area is 77.1 Å². The van der Waals surface area contributed by atoms with Gasteiger partial charge in [-0.15, -0.1) is 0 Å². The molecule has 0 bridgehead atoms. The zero-order chi connectivity index (χ0) is 9.82. The molecule has 0 aromatic heterocycles. The fourth-order valence-corrected chi connectivity index (χ4v) is 0.523. The molecule has 1 N–H and O–H groups in total. The van der Waals surface area contributed by atoms with Gasteiger partial charge >= 0.3 is 0 Å². The van der Waals surface area contributed by atoms with E-state index in [0.717, 1.165) is 26.3 Å². The monoisotopic (exact) mass is 176 g/mol. The molecule has 0 aromatic rings. The lowest BCUT2D eigenvalue weighted by molar-refractivity contribution is 0.120. The Hall–Kier alpha value is -0.120. The fourth-order valence-electron chi connectivity index (χ4n) is 0.523. The van der Waals surface area contributed by atoms with E-state index in [4.69, 9.17) is 4.74 Å². The third kappa shape index (κ3) is 16.5. The summed E-state index contributed by atoms with van der Waals surface area (Å²) in [6.45, 7) is 7.58. The van der Waals surface area contributed by atoms with E-state index in [0.29, 0.717) is 0 Å². The maximum absolute atomic E-state index is 5.28. The van der Waals surface area contributed by atoms with E-state index in [1.807, 2.05) is 35.0 Å². The van der Waals surface area contributed by atoms with Crippen LogP contribution in [0.15, 0.2) is 0 Å². The Morgan fingerprint density at radius 2 is 1.75 bits per heavy atom. The third-order valence-corrected chi connectivity index (χ3v) is 1.18. The Morgan fingerprint density at radius 3 is 2.17 bits per heavy atom. The lowest BCUT2D eigenvalue weighted by atomic mass is 10.6. The lowest BCUT2D eigenvalue weighted by Gasteiger charge is -2.09. The standard InChI is InChI=1S/C7H18N2O.C2H6/c1-8-4-6-10-7-5-9(2)3;1-2/h8H,4-7H2,1-3H3;1-2H3. The summed E-state index contributed by atoms with van der Waals surface area (Å²) >= 11 is 0. The highest BCUT2D eigenvalue weighted by Crippen LogP contribution is 1.76. The van der Waals surface area contributed by atoms with Gasteiger partial charge in [0.2, 0.25) is 0 Å². The molecule has 0 fully saturated rings. The van der Waals surface area contributed by atoms with Gasteiger partial charge in [-0.05, 0) is 21.1 Å². The first-order chi connectivity index (χ1) is 5.77. The minimum Gasteiger partial charge on any atom is -0.379 e. The summed E-state index contributed by atoms with van der Waals surface area (Å²) in [4.78, 5) is 2.11. The number of hydrogen-bond donors (Lipinski definition) is 1. The molecule has 0 amide bonds. The molecule has 0 aliphatic heterocycles. The van der Waals surface area contributed by atoms with Gasteiger partial charge in [0.15, 0.2) is 0 Å². The van der Waals surface area contributed by atoms with Crippen molar-refractivity contribution in [3.05, 3.63) is 0 Å². The lowest BCUT2D eigenvalue weighted by Crippen LogP contribution is -2.21. The van der Waals surface area contributed by atoms with E-state index >= 15 is 0 Å². The molecule has 0 rings (SSSR count). The van der Waals surface area contributed by atoms with Crippen LogP contribution in [0, 0.1) is 0 Å². The number of hydrogen-bond acceptors (Lipinski definition) is 3. The van der Waals surface area contributed by atoms with E-state index in [-0.39, 0.29) is 0 Å². The molecule has 0 radical (unpaired) electrons. The topological polar surface area (TPSA) is 24.5 Å². The van der Waals surface area contributed by atoms with E-state index in [2.05, 4.69) is 10.2 Å². The first kappa shape index (κ1) is 14.4. The SMILES string of the molecule is CC.CNCCOCCN(C)C. The molecule has 3 heteroatoms. The molecule has 0 aromatic carbocycles. The summed E-state index contributed by atoms with van der Waals surface area (Å²) in [6, 6.07) is 0. The van der Waals surface area contributed by atoms with Gasteiger partial charge in [0.05, 0.1) is 13.2 Å². The Bertz CT molecular complexity index is 67.5. The highest BCUT2D eigenvalue weighted by Gasteiger charge is 1.88. The summed E-state index contributed by atoms with van der Waals surface area (Å²) in [7, 11) is 6.01. The molecule has 76 valence electrons. The summed E-state index contributed by atoms with van der Waals surface area (Å²) in [6.07, 6.45) is 0. The van der Waals surface area contributed by atoms with Gasteiger partial charge in [-0.3, -0.25) is 0 Å². The van der Waals surface area contributed by atoms with Crippen molar-refractivity contribution in [2.45, 2.75) is 13.8 Å². The molecule has 12 heavy (non-hydrogen) atoms. The van der Waals surface area contributed by atoms with Crippen molar-refractivity contribution in [2.24, 2.45) is 0 Å². The maximum atomic E-state index is 5.28.